The highest BCUT2D eigenvalue weighted by molar-refractivity contribution is 8.00. The molecule has 0 aliphatic heterocycles. The Morgan fingerprint density at radius 2 is 1.79 bits per heavy atom. The number of hydrogen-bond donors (Lipinski definition) is 1. The molecule has 0 unspecified atom stereocenters. The molecule has 0 bridgehead atoms. The number of amides is 1. The summed E-state index contributed by atoms with van der Waals surface area (Å²) in [5.41, 5.74) is 1.27. The van der Waals surface area contributed by atoms with Gasteiger partial charge in [0, 0.05) is 6.04 Å². The minimum atomic E-state index is -0.344. The summed E-state index contributed by atoms with van der Waals surface area (Å²) in [7, 11) is 0. The molecule has 3 aromatic rings. The zero-order valence-electron chi connectivity index (χ0n) is 15.8. The molecule has 1 heterocycles. The van der Waals surface area contributed by atoms with Gasteiger partial charge in [0.05, 0.1) is 21.8 Å². The molecule has 1 aliphatic carbocycles. The van der Waals surface area contributed by atoms with Gasteiger partial charge in [-0.15, -0.1) is 0 Å². The number of aromatic nitrogens is 2. The van der Waals surface area contributed by atoms with Crippen LogP contribution in [0.15, 0.2) is 64.5 Å². The Morgan fingerprint density at radius 3 is 2.54 bits per heavy atom. The minimum Gasteiger partial charge on any atom is -0.352 e. The summed E-state index contributed by atoms with van der Waals surface area (Å²) in [6.07, 6.45) is 4.44. The van der Waals surface area contributed by atoms with Gasteiger partial charge in [0.2, 0.25) is 5.91 Å². The number of hydrogen-bond acceptors (Lipinski definition) is 4. The van der Waals surface area contributed by atoms with E-state index in [1.807, 2.05) is 55.5 Å². The first kappa shape index (κ1) is 18.7. The van der Waals surface area contributed by atoms with Crippen LogP contribution in [0.1, 0.15) is 32.6 Å². The van der Waals surface area contributed by atoms with Gasteiger partial charge in [-0.25, -0.2) is 4.98 Å². The summed E-state index contributed by atoms with van der Waals surface area (Å²) in [4.78, 5) is 30.6. The van der Waals surface area contributed by atoms with E-state index in [2.05, 4.69) is 5.32 Å². The number of nitrogens with one attached hydrogen (secondary N) is 1. The lowest BCUT2D eigenvalue weighted by atomic mass is 10.2. The lowest BCUT2D eigenvalue weighted by molar-refractivity contribution is -0.120. The van der Waals surface area contributed by atoms with Crippen LogP contribution in [0.25, 0.3) is 16.6 Å². The third kappa shape index (κ3) is 3.83. The summed E-state index contributed by atoms with van der Waals surface area (Å²) < 4.78 is 1.60. The van der Waals surface area contributed by atoms with Crippen LogP contribution in [0.2, 0.25) is 0 Å². The molecule has 1 fully saturated rings. The second-order valence-corrected chi connectivity index (χ2v) is 8.45. The van der Waals surface area contributed by atoms with Gasteiger partial charge >= 0.3 is 0 Å². The molecule has 1 N–H and O–H groups in total. The molecule has 1 saturated carbocycles. The number of fused-ring (bicyclic) bond motifs is 1. The maximum Gasteiger partial charge on any atom is 0.266 e. The molecule has 0 spiro atoms. The van der Waals surface area contributed by atoms with Crippen molar-refractivity contribution in [1.29, 1.82) is 0 Å². The number of thioether (sulfide) groups is 1. The standard InChI is InChI=1S/C22H23N3O2S/c1-15(20(26)23-16-9-5-6-10-16)28-22-24-19-14-8-7-13-18(19)21(27)25(22)17-11-3-2-4-12-17/h2-4,7-8,11-16H,5-6,9-10H2,1H3,(H,23,26)/t15-/m1/s1. The van der Waals surface area contributed by atoms with Crippen molar-refractivity contribution in [2.45, 2.75) is 49.1 Å². The predicted octanol–water partition coefficient (Wildman–Crippen LogP) is 3.93. The van der Waals surface area contributed by atoms with Crippen LogP contribution in [-0.4, -0.2) is 26.8 Å². The molecule has 1 amide bonds. The number of benzene rings is 2. The number of carbonyl (C=O) groups excluding carboxylic acids is 1. The Bertz CT molecular complexity index is 1040. The lowest BCUT2D eigenvalue weighted by Crippen LogP contribution is -2.38. The third-order valence-electron chi connectivity index (χ3n) is 5.11. The van der Waals surface area contributed by atoms with Crippen molar-refractivity contribution in [3.63, 3.8) is 0 Å². The Morgan fingerprint density at radius 1 is 1.11 bits per heavy atom. The Hall–Kier alpha value is -2.60. The molecule has 0 saturated heterocycles. The molecular weight excluding hydrogens is 370 g/mol. The van der Waals surface area contributed by atoms with Crippen LogP contribution >= 0.6 is 11.8 Å². The molecule has 28 heavy (non-hydrogen) atoms. The topological polar surface area (TPSA) is 64.0 Å². The first-order valence-electron chi connectivity index (χ1n) is 9.68. The van der Waals surface area contributed by atoms with Crippen molar-refractivity contribution in [3.05, 3.63) is 65.0 Å². The number of para-hydroxylation sites is 2. The molecule has 144 valence electrons. The van der Waals surface area contributed by atoms with Gasteiger partial charge in [0.25, 0.3) is 5.56 Å². The van der Waals surface area contributed by atoms with Gasteiger partial charge in [-0.05, 0) is 44.0 Å². The van der Waals surface area contributed by atoms with E-state index in [1.54, 1.807) is 10.6 Å². The van der Waals surface area contributed by atoms with E-state index < -0.39 is 0 Å². The Labute approximate surface area is 168 Å². The quantitative estimate of drug-likeness (QED) is 0.527. The van der Waals surface area contributed by atoms with Crippen molar-refractivity contribution in [3.8, 4) is 5.69 Å². The van der Waals surface area contributed by atoms with Crippen LogP contribution in [0.4, 0.5) is 0 Å². The lowest BCUT2D eigenvalue weighted by Gasteiger charge is -2.18. The predicted molar refractivity (Wildman–Crippen MR) is 113 cm³/mol. The molecule has 1 aliphatic rings. The SMILES string of the molecule is C[C@@H](Sc1nc2ccccc2c(=O)n1-c1ccccc1)C(=O)NC1CCCC1. The number of rotatable bonds is 5. The fraction of sp³-hybridized carbons (Fsp3) is 0.318. The zero-order chi connectivity index (χ0) is 19.5. The average Bonchev–Trinajstić information content (AvgIpc) is 3.22. The van der Waals surface area contributed by atoms with Crippen LogP contribution < -0.4 is 10.9 Å². The van der Waals surface area contributed by atoms with Crippen LogP contribution in [0.5, 0.6) is 0 Å². The van der Waals surface area contributed by atoms with Gasteiger partial charge in [-0.3, -0.25) is 14.2 Å². The molecule has 1 atom stereocenters. The summed E-state index contributed by atoms with van der Waals surface area (Å²) in [6, 6.07) is 17.1. The van der Waals surface area contributed by atoms with Gasteiger partial charge in [0.15, 0.2) is 5.16 Å². The van der Waals surface area contributed by atoms with Crippen LogP contribution in [0, 0.1) is 0 Å². The van der Waals surface area contributed by atoms with Crippen LogP contribution in [-0.2, 0) is 4.79 Å². The fourth-order valence-corrected chi connectivity index (χ4v) is 4.53. The van der Waals surface area contributed by atoms with Crippen molar-refractivity contribution >= 4 is 28.6 Å². The first-order chi connectivity index (χ1) is 13.6. The minimum absolute atomic E-state index is 0.00100. The van der Waals surface area contributed by atoms with E-state index >= 15 is 0 Å². The van der Waals surface area contributed by atoms with E-state index in [0.29, 0.717) is 16.1 Å². The van der Waals surface area contributed by atoms with E-state index in [1.165, 1.54) is 24.6 Å². The van der Waals surface area contributed by atoms with E-state index in [-0.39, 0.29) is 22.8 Å². The van der Waals surface area contributed by atoms with Gasteiger partial charge in [0.1, 0.15) is 0 Å². The van der Waals surface area contributed by atoms with Crippen molar-refractivity contribution in [2.24, 2.45) is 0 Å². The highest BCUT2D eigenvalue weighted by Gasteiger charge is 2.23. The summed E-state index contributed by atoms with van der Waals surface area (Å²) >= 11 is 1.33. The summed E-state index contributed by atoms with van der Waals surface area (Å²) in [6.45, 7) is 1.87. The van der Waals surface area contributed by atoms with Gasteiger partial charge < -0.3 is 5.32 Å². The molecule has 2 aromatic carbocycles. The highest BCUT2D eigenvalue weighted by Crippen LogP contribution is 2.26. The molecule has 4 rings (SSSR count). The highest BCUT2D eigenvalue weighted by atomic mass is 32.2. The van der Waals surface area contributed by atoms with Crippen molar-refractivity contribution in [2.75, 3.05) is 0 Å². The summed E-state index contributed by atoms with van der Waals surface area (Å²) in [5.74, 6) is -0.00100. The molecule has 6 heteroatoms. The Balaban J connectivity index is 1.70. The molecule has 5 nitrogen and oxygen atoms in total. The van der Waals surface area contributed by atoms with E-state index in [9.17, 15) is 9.59 Å². The smallest absolute Gasteiger partial charge is 0.266 e. The third-order valence-corrected chi connectivity index (χ3v) is 6.16. The van der Waals surface area contributed by atoms with E-state index in [4.69, 9.17) is 4.98 Å². The van der Waals surface area contributed by atoms with Crippen LogP contribution in [0.3, 0.4) is 0 Å². The maximum atomic E-state index is 13.2. The fourth-order valence-electron chi connectivity index (χ4n) is 3.60. The number of nitrogens with zero attached hydrogens (tertiary/aromatic N) is 2. The first-order valence-corrected chi connectivity index (χ1v) is 10.6. The largest absolute Gasteiger partial charge is 0.352 e. The second-order valence-electron chi connectivity index (χ2n) is 7.14. The molecule has 1 aromatic heterocycles. The van der Waals surface area contributed by atoms with Gasteiger partial charge in [-0.2, -0.15) is 0 Å². The van der Waals surface area contributed by atoms with Crippen molar-refractivity contribution < 1.29 is 4.79 Å². The molecular formula is C22H23N3O2S. The Kier molecular flexibility index (Phi) is 5.48. The monoisotopic (exact) mass is 393 g/mol. The zero-order valence-corrected chi connectivity index (χ0v) is 16.6. The maximum absolute atomic E-state index is 13.2. The number of carbonyl (C=O) groups is 1. The van der Waals surface area contributed by atoms with Crippen molar-refractivity contribution in [1.82, 2.24) is 14.9 Å². The molecule has 0 radical (unpaired) electrons. The van der Waals surface area contributed by atoms with Gasteiger partial charge in [-0.1, -0.05) is 54.9 Å². The second kappa shape index (κ2) is 8.19. The average molecular weight is 394 g/mol. The summed E-state index contributed by atoms with van der Waals surface area (Å²) in [5, 5.41) is 3.89. The normalized spacial score (nSPS) is 15.6. The van der Waals surface area contributed by atoms with E-state index in [0.717, 1.165) is 18.5 Å².